The fraction of sp³-hybridized carbons (Fsp3) is 0.692. The predicted octanol–water partition coefficient (Wildman–Crippen LogP) is 3.21. The standard InChI is InChI=1S/C13H18ClN3/c1-10-8-11(14)15-16-12(10)17-7-6-13(9-17)4-2-3-5-13/h8H,2-7,9H2,1H3. The summed E-state index contributed by atoms with van der Waals surface area (Å²) in [5.74, 6) is 1.03. The Morgan fingerprint density at radius 3 is 2.71 bits per heavy atom. The van der Waals surface area contributed by atoms with E-state index in [0.29, 0.717) is 10.6 Å². The number of anilines is 1. The van der Waals surface area contributed by atoms with E-state index in [1.165, 1.54) is 32.1 Å². The van der Waals surface area contributed by atoms with Crippen molar-refractivity contribution in [3.8, 4) is 0 Å². The van der Waals surface area contributed by atoms with Crippen molar-refractivity contribution in [2.24, 2.45) is 5.41 Å². The summed E-state index contributed by atoms with van der Waals surface area (Å²) < 4.78 is 0. The third-order valence-electron chi connectivity index (χ3n) is 4.33. The van der Waals surface area contributed by atoms with E-state index < -0.39 is 0 Å². The molecule has 0 amide bonds. The van der Waals surface area contributed by atoms with Crippen molar-refractivity contribution in [2.45, 2.75) is 39.0 Å². The zero-order chi connectivity index (χ0) is 11.9. The summed E-state index contributed by atoms with van der Waals surface area (Å²) in [6, 6.07) is 1.91. The van der Waals surface area contributed by atoms with Crippen molar-refractivity contribution in [3.63, 3.8) is 0 Å². The summed E-state index contributed by atoms with van der Waals surface area (Å²) in [5.41, 5.74) is 1.72. The minimum absolute atomic E-state index is 0.487. The number of hydrogen-bond acceptors (Lipinski definition) is 3. The first-order valence-corrected chi connectivity index (χ1v) is 6.81. The monoisotopic (exact) mass is 251 g/mol. The highest BCUT2D eigenvalue weighted by Gasteiger charge is 2.40. The Morgan fingerprint density at radius 2 is 2.00 bits per heavy atom. The van der Waals surface area contributed by atoms with Gasteiger partial charge in [-0.05, 0) is 43.2 Å². The topological polar surface area (TPSA) is 29.0 Å². The molecule has 1 saturated heterocycles. The van der Waals surface area contributed by atoms with Crippen LogP contribution in [0.2, 0.25) is 5.15 Å². The van der Waals surface area contributed by atoms with Gasteiger partial charge < -0.3 is 4.90 Å². The molecule has 0 atom stereocenters. The highest BCUT2D eigenvalue weighted by Crippen LogP contribution is 2.46. The second-order valence-corrected chi connectivity index (χ2v) is 5.94. The zero-order valence-corrected chi connectivity index (χ0v) is 11.0. The Kier molecular flexibility index (Phi) is 2.74. The van der Waals surface area contributed by atoms with E-state index in [4.69, 9.17) is 11.6 Å². The van der Waals surface area contributed by atoms with Crippen molar-refractivity contribution in [1.82, 2.24) is 10.2 Å². The number of aromatic nitrogens is 2. The van der Waals surface area contributed by atoms with Crippen LogP contribution in [0.5, 0.6) is 0 Å². The van der Waals surface area contributed by atoms with Gasteiger partial charge in [-0.1, -0.05) is 24.4 Å². The van der Waals surface area contributed by atoms with Gasteiger partial charge in [-0.15, -0.1) is 10.2 Å². The molecule has 0 N–H and O–H groups in total. The molecule has 0 radical (unpaired) electrons. The molecule has 3 nitrogen and oxygen atoms in total. The first-order chi connectivity index (χ1) is 8.19. The number of halogens is 1. The van der Waals surface area contributed by atoms with Crippen LogP contribution in [0.1, 0.15) is 37.7 Å². The smallest absolute Gasteiger partial charge is 0.154 e. The number of nitrogens with zero attached hydrogens (tertiary/aromatic N) is 3. The van der Waals surface area contributed by atoms with Gasteiger partial charge in [0.2, 0.25) is 0 Å². The molecule has 0 aromatic carbocycles. The van der Waals surface area contributed by atoms with Crippen molar-refractivity contribution < 1.29 is 0 Å². The molecule has 1 aromatic heterocycles. The van der Waals surface area contributed by atoms with Gasteiger partial charge in [0.1, 0.15) is 0 Å². The highest BCUT2D eigenvalue weighted by atomic mass is 35.5. The molecule has 2 heterocycles. The Morgan fingerprint density at radius 1 is 1.24 bits per heavy atom. The largest absolute Gasteiger partial charge is 0.354 e. The Balaban J connectivity index is 1.82. The summed E-state index contributed by atoms with van der Waals surface area (Å²) in [7, 11) is 0. The lowest BCUT2D eigenvalue weighted by atomic mass is 9.86. The van der Waals surface area contributed by atoms with Crippen molar-refractivity contribution in [2.75, 3.05) is 18.0 Å². The van der Waals surface area contributed by atoms with Crippen LogP contribution in [0.4, 0.5) is 5.82 Å². The molecule has 1 saturated carbocycles. The molecule has 3 rings (SSSR count). The van der Waals surface area contributed by atoms with E-state index in [9.17, 15) is 0 Å². The Bertz CT molecular complexity index is 427. The van der Waals surface area contributed by atoms with E-state index in [0.717, 1.165) is 24.5 Å². The van der Waals surface area contributed by atoms with Gasteiger partial charge >= 0.3 is 0 Å². The Labute approximate surface area is 107 Å². The molecule has 17 heavy (non-hydrogen) atoms. The lowest BCUT2D eigenvalue weighted by molar-refractivity contribution is 0.340. The van der Waals surface area contributed by atoms with E-state index >= 15 is 0 Å². The third-order valence-corrected chi connectivity index (χ3v) is 4.52. The molecule has 1 aliphatic carbocycles. The lowest BCUT2D eigenvalue weighted by Gasteiger charge is -2.24. The van der Waals surface area contributed by atoms with Gasteiger partial charge in [0.05, 0.1) is 0 Å². The molecule has 2 aliphatic rings. The van der Waals surface area contributed by atoms with Crippen LogP contribution >= 0.6 is 11.6 Å². The fourth-order valence-electron chi connectivity index (χ4n) is 3.41. The summed E-state index contributed by atoms with van der Waals surface area (Å²) in [5, 5.41) is 8.72. The number of rotatable bonds is 1. The van der Waals surface area contributed by atoms with E-state index in [1.807, 2.05) is 6.07 Å². The molecule has 92 valence electrons. The van der Waals surface area contributed by atoms with E-state index in [2.05, 4.69) is 22.0 Å². The van der Waals surface area contributed by atoms with E-state index in [1.54, 1.807) is 0 Å². The summed E-state index contributed by atoms with van der Waals surface area (Å²) in [4.78, 5) is 2.39. The number of hydrogen-bond donors (Lipinski definition) is 0. The van der Waals surface area contributed by atoms with Crippen molar-refractivity contribution in [3.05, 3.63) is 16.8 Å². The lowest BCUT2D eigenvalue weighted by Crippen LogP contribution is -2.26. The molecule has 1 aromatic rings. The summed E-state index contributed by atoms with van der Waals surface area (Å²) in [6.45, 7) is 4.34. The maximum absolute atomic E-state index is 5.85. The zero-order valence-electron chi connectivity index (χ0n) is 10.2. The number of aryl methyl sites for hydroxylation is 1. The SMILES string of the molecule is Cc1cc(Cl)nnc1N1CCC2(CCCC2)C1. The van der Waals surface area contributed by atoms with Crippen LogP contribution in [-0.4, -0.2) is 23.3 Å². The van der Waals surface area contributed by atoms with Gasteiger partial charge in [0, 0.05) is 13.1 Å². The first kappa shape index (κ1) is 11.3. The third kappa shape index (κ3) is 2.01. The molecule has 1 spiro atoms. The average molecular weight is 252 g/mol. The minimum atomic E-state index is 0.487. The van der Waals surface area contributed by atoms with Crippen LogP contribution in [0.15, 0.2) is 6.07 Å². The van der Waals surface area contributed by atoms with Crippen molar-refractivity contribution >= 4 is 17.4 Å². The van der Waals surface area contributed by atoms with Crippen LogP contribution in [-0.2, 0) is 0 Å². The van der Waals surface area contributed by atoms with Crippen LogP contribution in [0.25, 0.3) is 0 Å². The fourth-order valence-corrected chi connectivity index (χ4v) is 3.61. The van der Waals surface area contributed by atoms with Gasteiger partial charge in [-0.3, -0.25) is 0 Å². The van der Waals surface area contributed by atoms with Gasteiger partial charge in [-0.2, -0.15) is 0 Å². The maximum Gasteiger partial charge on any atom is 0.154 e. The molecule has 4 heteroatoms. The van der Waals surface area contributed by atoms with Gasteiger partial charge in [0.15, 0.2) is 11.0 Å². The summed E-state index contributed by atoms with van der Waals surface area (Å²) in [6.07, 6.45) is 6.90. The maximum atomic E-state index is 5.85. The van der Waals surface area contributed by atoms with Crippen LogP contribution in [0.3, 0.4) is 0 Å². The quantitative estimate of drug-likeness (QED) is 0.768. The predicted molar refractivity (Wildman–Crippen MR) is 69.5 cm³/mol. The average Bonchev–Trinajstić information content (AvgIpc) is 2.90. The molecule has 2 fully saturated rings. The minimum Gasteiger partial charge on any atom is -0.354 e. The second-order valence-electron chi connectivity index (χ2n) is 5.55. The molecule has 0 bridgehead atoms. The first-order valence-electron chi connectivity index (χ1n) is 6.43. The van der Waals surface area contributed by atoms with Gasteiger partial charge in [-0.25, -0.2) is 0 Å². The molecular weight excluding hydrogens is 234 g/mol. The van der Waals surface area contributed by atoms with Gasteiger partial charge in [0.25, 0.3) is 0 Å². The summed E-state index contributed by atoms with van der Waals surface area (Å²) >= 11 is 5.85. The van der Waals surface area contributed by atoms with E-state index in [-0.39, 0.29) is 0 Å². The second kappa shape index (κ2) is 4.13. The van der Waals surface area contributed by atoms with Crippen molar-refractivity contribution in [1.29, 1.82) is 0 Å². The molecule has 0 unspecified atom stereocenters. The van der Waals surface area contributed by atoms with Crippen LogP contribution in [0, 0.1) is 12.3 Å². The molecular formula is C13H18ClN3. The van der Waals surface area contributed by atoms with Crippen LogP contribution < -0.4 is 4.90 Å². The highest BCUT2D eigenvalue weighted by molar-refractivity contribution is 6.29. The normalized spacial score (nSPS) is 22.6. The molecule has 1 aliphatic heterocycles. The Hall–Kier alpha value is -0.830.